The first-order chi connectivity index (χ1) is 12.8. The summed E-state index contributed by atoms with van der Waals surface area (Å²) in [6.07, 6.45) is 0.928. The van der Waals surface area contributed by atoms with Crippen molar-refractivity contribution >= 4 is 16.0 Å². The number of aromatic carboxylic acids is 1. The number of H-pyrrole nitrogens is 1. The summed E-state index contributed by atoms with van der Waals surface area (Å²) in [5.41, 5.74) is -1.10. The molecule has 0 amide bonds. The van der Waals surface area contributed by atoms with Crippen molar-refractivity contribution in [1.82, 2.24) is 14.3 Å². The molecule has 0 aliphatic carbocycles. The largest absolute Gasteiger partial charge is 0.493 e. The van der Waals surface area contributed by atoms with Gasteiger partial charge in [0.1, 0.15) is 17.1 Å². The maximum Gasteiger partial charge on any atom is 0.342 e. The summed E-state index contributed by atoms with van der Waals surface area (Å²) in [7, 11) is -3.73. The highest BCUT2D eigenvalue weighted by Crippen LogP contribution is 2.31. The van der Waals surface area contributed by atoms with Crippen LogP contribution < -0.4 is 10.3 Å². The highest BCUT2D eigenvalue weighted by atomic mass is 32.2. The molecule has 0 atom stereocenters. The fourth-order valence-electron chi connectivity index (χ4n) is 2.53. The van der Waals surface area contributed by atoms with Crippen molar-refractivity contribution < 1.29 is 23.1 Å². The molecule has 2 aromatic rings. The van der Waals surface area contributed by atoms with Crippen LogP contribution in [0.4, 0.5) is 0 Å². The van der Waals surface area contributed by atoms with E-state index in [0.29, 0.717) is 25.4 Å². The van der Waals surface area contributed by atoms with Crippen LogP contribution in [0.25, 0.3) is 11.4 Å². The monoisotopic (exact) mass is 395 g/mol. The molecule has 0 radical (unpaired) electrons. The summed E-state index contributed by atoms with van der Waals surface area (Å²) in [4.78, 5) is 29.3. The summed E-state index contributed by atoms with van der Waals surface area (Å²) < 4.78 is 32.3. The zero-order valence-corrected chi connectivity index (χ0v) is 16.0. The number of aromatic nitrogens is 2. The molecule has 1 aromatic heterocycles. The summed E-state index contributed by atoms with van der Waals surface area (Å²) in [6.45, 7) is 6.16. The maximum absolute atomic E-state index is 12.8. The van der Waals surface area contributed by atoms with Crippen LogP contribution in [0.2, 0.25) is 0 Å². The number of benzene rings is 1. The van der Waals surface area contributed by atoms with Crippen LogP contribution in [-0.2, 0) is 10.0 Å². The van der Waals surface area contributed by atoms with Gasteiger partial charge >= 0.3 is 5.97 Å². The van der Waals surface area contributed by atoms with E-state index >= 15 is 0 Å². The molecule has 0 aliphatic heterocycles. The Morgan fingerprint density at radius 1 is 1.26 bits per heavy atom. The van der Waals surface area contributed by atoms with E-state index in [1.54, 1.807) is 20.8 Å². The minimum atomic E-state index is -3.73. The van der Waals surface area contributed by atoms with Crippen LogP contribution in [0.15, 0.2) is 34.1 Å². The average molecular weight is 395 g/mol. The Morgan fingerprint density at radius 2 is 1.93 bits per heavy atom. The topological polar surface area (TPSA) is 130 Å². The third-order valence-electron chi connectivity index (χ3n) is 3.88. The Bertz CT molecular complexity index is 996. The Labute approximate surface area is 156 Å². The lowest BCUT2D eigenvalue weighted by Gasteiger charge is -2.19. The normalized spacial score (nSPS) is 11.6. The van der Waals surface area contributed by atoms with E-state index in [-0.39, 0.29) is 16.3 Å². The maximum atomic E-state index is 12.8. The van der Waals surface area contributed by atoms with Gasteiger partial charge in [0.25, 0.3) is 5.56 Å². The number of carboxylic acids is 1. The van der Waals surface area contributed by atoms with Crippen molar-refractivity contribution in [2.24, 2.45) is 0 Å². The molecule has 0 aliphatic rings. The molecule has 1 heterocycles. The molecule has 0 saturated carbocycles. The lowest BCUT2D eigenvalue weighted by Crippen LogP contribution is -2.30. The first-order valence-electron chi connectivity index (χ1n) is 8.36. The summed E-state index contributed by atoms with van der Waals surface area (Å²) in [5, 5.41) is 8.96. The van der Waals surface area contributed by atoms with Gasteiger partial charge in [0.15, 0.2) is 0 Å². The molecule has 0 spiro atoms. The van der Waals surface area contributed by atoms with Crippen molar-refractivity contribution in [3.63, 3.8) is 0 Å². The fraction of sp³-hybridized carbons (Fsp3) is 0.353. The second kappa shape index (κ2) is 8.31. The first-order valence-corrected chi connectivity index (χ1v) is 9.80. The molecule has 0 unspecified atom stereocenters. The van der Waals surface area contributed by atoms with Gasteiger partial charge in [-0.05, 0) is 25.1 Å². The summed E-state index contributed by atoms with van der Waals surface area (Å²) in [5.74, 6) is -1.06. The number of carboxylic acid groups (broad SMARTS) is 1. The van der Waals surface area contributed by atoms with Gasteiger partial charge < -0.3 is 14.8 Å². The second-order valence-corrected chi connectivity index (χ2v) is 7.40. The predicted octanol–water partition coefficient (Wildman–Crippen LogP) is 1.56. The van der Waals surface area contributed by atoms with Gasteiger partial charge in [-0.25, -0.2) is 18.2 Å². The van der Waals surface area contributed by atoms with E-state index in [1.807, 2.05) is 0 Å². The van der Waals surface area contributed by atoms with Gasteiger partial charge in [-0.3, -0.25) is 4.79 Å². The Hall–Kier alpha value is -2.72. The van der Waals surface area contributed by atoms with Crippen molar-refractivity contribution in [2.75, 3.05) is 19.7 Å². The van der Waals surface area contributed by atoms with Crippen LogP contribution in [0.1, 0.15) is 31.1 Å². The zero-order valence-electron chi connectivity index (χ0n) is 15.2. The summed E-state index contributed by atoms with van der Waals surface area (Å²) in [6, 6.07) is 4.27. The number of aromatic amines is 1. The lowest BCUT2D eigenvalue weighted by atomic mass is 10.2. The molecule has 2 rings (SSSR count). The van der Waals surface area contributed by atoms with Gasteiger partial charge in [0, 0.05) is 19.3 Å². The molecular weight excluding hydrogens is 374 g/mol. The average Bonchev–Trinajstić information content (AvgIpc) is 2.62. The van der Waals surface area contributed by atoms with Crippen LogP contribution >= 0.6 is 0 Å². The quantitative estimate of drug-likeness (QED) is 0.694. The number of ether oxygens (including phenoxy) is 1. The number of carbonyl (C=O) groups is 1. The second-order valence-electron chi connectivity index (χ2n) is 5.46. The third kappa shape index (κ3) is 4.17. The molecule has 2 N–H and O–H groups in total. The van der Waals surface area contributed by atoms with Crippen molar-refractivity contribution in [3.8, 4) is 17.1 Å². The third-order valence-corrected chi connectivity index (χ3v) is 5.92. The molecule has 0 saturated heterocycles. The molecule has 0 fully saturated rings. The number of sulfonamides is 1. The minimum absolute atomic E-state index is 0.0186. The number of nitrogens with zero attached hydrogens (tertiary/aromatic N) is 2. The van der Waals surface area contributed by atoms with Crippen molar-refractivity contribution in [3.05, 3.63) is 40.3 Å². The van der Waals surface area contributed by atoms with E-state index < -0.39 is 27.1 Å². The predicted molar refractivity (Wildman–Crippen MR) is 98.5 cm³/mol. The van der Waals surface area contributed by atoms with Crippen LogP contribution in [0, 0.1) is 0 Å². The number of hydrogen-bond donors (Lipinski definition) is 2. The molecular formula is C17H21N3O6S. The lowest BCUT2D eigenvalue weighted by molar-refractivity contribution is 0.0694. The van der Waals surface area contributed by atoms with E-state index in [9.17, 15) is 18.0 Å². The van der Waals surface area contributed by atoms with E-state index in [1.165, 1.54) is 22.5 Å². The number of nitrogens with one attached hydrogen (secondary N) is 1. The SMILES string of the molecule is CCOc1ccc(S(=O)(=O)N(CC)CC)cc1-c1ncc(C(=O)O)c(=O)[nH]1. The molecule has 146 valence electrons. The Kier molecular flexibility index (Phi) is 6.34. The van der Waals surface area contributed by atoms with Gasteiger partial charge in [-0.15, -0.1) is 0 Å². The van der Waals surface area contributed by atoms with Crippen molar-refractivity contribution in [2.45, 2.75) is 25.7 Å². The standard InChI is InChI=1S/C17H21N3O6S/c1-4-20(5-2)27(24,25)11-7-8-14(26-6-3)12(9-11)15-18-10-13(17(22)23)16(21)19-15/h7-10H,4-6H2,1-3H3,(H,22,23)(H,18,19,21). The number of hydrogen-bond acceptors (Lipinski definition) is 6. The van der Waals surface area contributed by atoms with Gasteiger partial charge in [-0.1, -0.05) is 13.8 Å². The van der Waals surface area contributed by atoms with Crippen LogP contribution in [0.3, 0.4) is 0 Å². The first kappa shape index (κ1) is 20.6. The van der Waals surface area contributed by atoms with Crippen LogP contribution in [0.5, 0.6) is 5.75 Å². The Balaban J connectivity index is 2.66. The van der Waals surface area contributed by atoms with Gasteiger partial charge in [-0.2, -0.15) is 4.31 Å². The van der Waals surface area contributed by atoms with E-state index in [4.69, 9.17) is 9.84 Å². The fourth-order valence-corrected chi connectivity index (χ4v) is 4.02. The van der Waals surface area contributed by atoms with Crippen molar-refractivity contribution in [1.29, 1.82) is 0 Å². The van der Waals surface area contributed by atoms with E-state index in [2.05, 4.69) is 9.97 Å². The molecule has 27 heavy (non-hydrogen) atoms. The Morgan fingerprint density at radius 3 is 2.44 bits per heavy atom. The molecule has 10 heteroatoms. The zero-order chi connectivity index (χ0) is 20.2. The highest BCUT2D eigenvalue weighted by Gasteiger charge is 2.24. The van der Waals surface area contributed by atoms with E-state index in [0.717, 1.165) is 6.20 Å². The molecule has 9 nitrogen and oxygen atoms in total. The molecule has 0 bridgehead atoms. The highest BCUT2D eigenvalue weighted by molar-refractivity contribution is 7.89. The van der Waals surface area contributed by atoms with Crippen LogP contribution in [-0.4, -0.2) is 53.5 Å². The smallest absolute Gasteiger partial charge is 0.342 e. The van der Waals surface area contributed by atoms with Gasteiger partial charge in [0.05, 0.1) is 17.1 Å². The summed E-state index contributed by atoms with van der Waals surface area (Å²) >= 11 is 0. The minimum Gasteiger partial charge on any atom is -0.493 e. The number of rotatable bonds is 8. The molecule has 1 aromatic carbocycles. The van der Waals surface area contributed by atoms with Gasteiger partial charge in [0.2, 0.25) is 10.0 Å².